The van der Waals surface area contributed by atoms with Crippen molar-refractivity contribution in [3.8, 4) is 0 Å². The minimum atomic E-state index is -0.172. The molecule has 0 aromatic carbocycles. The average Bonchev–Trinajstić information content (AvgIpc) is 2.65. The summed E-state index contributed by atoms with van der Waals surface area (Å²) in [5.41, 5.74) is 0. The molecule has 1 aliphatic heterocycles. The number of ketones is 1. The number of morpholine rings is 1. The van der Waals surface area contributed by atoms with Gasteiger partial charge in [0.1, 0.15) is 0 Å². The number of thiophene rings is 1. The highest BCUT2D eigenvalue weighted by molar-refractivity contribution is 9.11. The maximum atomic E-state index is 11.9. The third-order valence-corrected chi connectivity index (χ3v) is 3.69. The van der Waals surface area contributed by atoms with E-state index in [0.717, 1.165) is 15.2 Å². The van der Waals surface area contributed by atoms with Gasteiger partial charge in [0.25, 0.3) is 0 Å². The fourth-order valence-corrected chi connectivity index (χ4v) is 2.73. The summed E-state index contributed by atoms with van der Waals surface area (Å²) in [5.74, 6) is 0.125. The molecule has 0 amide bonds. The van der Waals surface area contributed by atoms with E-state index >= 15 is 0 Å². The van der Waals surface area contributed by atoms with Crippen LogP contribution in [0.25, 0.3) is 0 Å². The number of nitrogens with one attached hydrogen (secondary N) is 1. The highest BCUT2D eigenvalue weighted by atomic mass is 79.9. The van der Waals surface area contributed by atoms with Gasteiger partial charge in [-0.15, -0.1) is 11.3 Å². The number of carbonyl (C=O) groups is 1. The molecule has 0 radical (unpaired) electrons. The Morgan fingerprint density at radius 2 is 2.50 bits per heavy atom. The van der Waals surface area contributed by atoms with Crippen molar-refractivity contribution >= 4 is 33.0 Å². The Bertz CT molecular complexity index is 333. The molecule has 0 spiro atoms. The molecule has 2 heterocycles. The van der Waals surface area contributed by atoms with E-state index in [1.165, 1.54) is 11.3 Å². The Morgan fingerprint density at radius 3 is 3.07 bits per heavy atom. The van der Waals surface area contributed by atoms with Crippen molar-refractivity contribution in [2.45, 2.75) is 6.04 Å². The molecule has 1 fully saturated rings. The molecule has 1 aliphatic rings. The summed E-state index contributed by atoms with van der Waals surface area (Å²) >= 11 is 4.80. The summed E-state index contributed by atoms with van der Waals surface area (Å²) in [6.07, 6.45) is 0. The van der Waals surface area contributed by atoms with Gasteiger partial charge < -0.3 is 10.1 Å². The Balaban J connectivity index is 2.07. The molecule has 1 unspecified atom stereocenters. The summed E-state index contributed by atoms with van der Waals surface area (Å²) in [4.78, 5) is 12.6. The minimum absolute atomic E-state index is 0.125. The summed E-state index contributed by atoms with van der Waals surface area (Å²) in [7, 11) is 0. The van der Waals surface area contributed by atoms with E-state index in [0.29, 0.717) is 13.2 Å². The minimum Gasteiger partial charge on any atom is -0.378 e. The van der Waals surface area contributed by atoms with Gasteiger partial charge in [0.05, 0.1) is 27.9 Å². The van der Waals surface area contributed by atoms with Crippen LogP contribution in [-0.4, -0.2) is 31.6 Å². The van der Waals surface area contributed by atoms with Crippen molar-refractivity contribution in [3.05, 3.63) is 20.8 Å². The average molecular weight is 276 g/mol. The van der Waals surface area contributed by atoms with Crippen molar-refractivity contribution in [3.63, 3.8) is 0 Å². The van der Waals surface area contributed by atoms with E-state index in [-0.39, 0.29) is 11.8 Å². The lowest BCUT2D eigenvalue weighted by atomic mass is 10.1. The number of ether oxygens (including phenoxy) is 1. The number of Topliss-reactive ketones (excluding diaryl/α,β-unsaturated/α-hetero) is 1. The van der Waals surface area contributed by atoms with E-state index in [2.05, 4.69) is 21.2 Å². The Morgan fingerprint density at radius 1 is 1.64 bits per heavy atom. The summed E-state index contributed by atoms with van der Waals surface area (Å²) in [6, 6.07) is 3.56. The first kappa shape index (κ1) is 10.3. The van der Waals surface area contributed by atoms with Gasteiger partial charge in [-0.25, -0.2) is 0 Å². The normalized spacial score (nSPS) is 22.2. The number of halogens is 1. The molecule has 5 heteroatoms. The smallest absolute Gasteiger partial charge is 0.192 e. The Hall–Kier alpha value is -0.230. The second kappa shape index (κ2) is 4.53. The van der Waals surface area contributed by atoms with Crippen LogP contribution >= 0.6 is 27.3 Å². The van der Waals surface area contributed by atoms with Crippen molar-refractivity contribution in [2.75, 3.05) is 19.8 Å². The molecule has 1 saturated heterocycles. The summed E-state index contributed by atoms with van der Waals surface area (Å²) in [5, 5.41) is 3.14. The van der Waals surface area contributed by atoms with Crippen molar-refractivity contribution in [2.24, 2.45) is 0 Å². The third kappa shape index (κ3) is 2.23. The van der Waals surface area contributed by atoms with Crippen LogP contribution in [-0.2, 0) is 4.74 Å². The van der Waals surface area contributed by atoms with Gasteiger partial charge in [-0.1, -0.05) is 0 Å². The molecular formula is C9H10BrNO2S. The molecule has 1 atom stereocenters. The van der Waals surface area contributed by atoms with Crippen LogP contribution in [0, 0.1) is 0 Å². The maximum Gasteiger partial charge on any atom is 0.192 e. The van der Waals surface area contributed by atoms with Gasteiger partial charge in [0.2, 0.25) is 0 Å². The van der Waals surface area contributed by atoms with Crippen LogP contribution < -0.4 is 5.32 Å². The molecule has 1 aromatic heterocycles. The van der Waals surface area contributed by atoms with E-state index < -0.39 is 0 Å². The first-order valence-electron chi connectivity index (χ1n) is 4.38. The molecule has 2 rings (SSSR count). The molecule has 76 valence electrons. The maximum absolute atomic E-state index is 11.9. The highest BCUT2D eigenvalue weighted by Gasteiger charge is 2.23. The first-order valence-corrected chi connectivity index (χ1v) is 5.99. The van der Waals surface area contributed by atoms with Crippen LogP contribution in [0.15, 0.2) is 15.9 Å². The Labute approximate surface area is 94.6 Å². The van der Waals surface area contributed by atoms with Crippen LogP contribution in [0.2, 0.25) is 0 Å². The second-order valence-electron chi connectivity index (χ2n) is 3.05. The predicted octanol–water partition coefficient (Wildman–Crippen LogP) is 1.68. The van der Waals surface area contributed by atoms with Crippen LogP contribution in [0.5, 0.6) is 0 Å². The highest BCUT2D eigenvalue weighted by Crippen LogP contribution is 2.23. The molecule has 1 aromatic rings. The Kier molecular flexibility index (Phi) is 3.33. The SMILES string of the molecule is O=C(c1ccc(Br)s1)C1COCCN1. The molecule has 3 nitrogen and oxygen atoms in total. The zero-order valence-corrected chi connectivity index (χ0v) is 9.86. The van der Waals surface area contributed by atoms with Crippen LogP contribution in [0.3, 0.4) is 0 Å². The van der Waals surface area contributed by atoms with E-state index in [1.807, 2.05) is 12.1 Å². The lowest BCUT2D eigenvalue weighted by Crippen LogP contribution is -2.46. The second-order valence-corrected chi connectivity index (χ2v) is 5.51. The van der Waals surface area contributed by atoms with E-state index in [4.69, 9.17) is 4.74 Å². The van der Waals surface area contributed by atoms with Gasteiger partial charge in [-0.05, 0) is 28.1 Å². The van der Waals surface area contributed by atoms with E-state index in [1.54, 1.807) is 0 Å². The van der Waals surface area contributed by atoms with Crippen molar-refractivity contribution in [1.82, 2.24) is 5.32 Å². The molecule has 14 heavy (non-hydrogen) atoms. The van der Waals surface area contributed by atoms with Gasteiger partial charge in [0, 0.05) is 6.54 Å². The van der Waals surface area contributed by atoms with Gasteiger partial charge in [-0.3, -0.25) is 4.79 Å². The molecular weight excluding hydrogens is 266 g/mol. The fraction of sp³-hybridized carbons (Fsp3) is 0.444. The summed E-state index contributed by atoms with van der Waals surface area (Å²) < 4.78 is 6.22. The third-order valence-electron chi connectivity index (χ3n) is 2.05. The number of carbonyl (C=O) groups excluding carboxylic acids is 1. The monoisotopic (exact) mass is 275 g/mol. The largest absolute Gasteiger partial charge is 0.378 e. The topological polar surface area (TPSA) is 38.3 Å². The molecule has 0 bridgehead atoms. The zero-order valence-electron chi connectivity index (χ0n) is 7.46. The van der Waals surface area contributed by atoms with Crippen molar-refractivity contribution in [1.29, 1.82) is 0 Å². The fourth-order valence-electron chi connectivity index (χ4n) is 1.35. The standard InChI is InChI=1S/C9H10BrNO2S/c10-8-2-1-7(14-8)9(12)6-5-13-4-3-11-6/h1-2,6,11H,3-5H2. The first-order chi connectivity index (χ1) is 6.77. The van der Waals surface area contributed by atoms with Crippen LogP contribution in [0.1, 0.15) is 9.67 Å². The predicted molar refractivity (Wildman–Crippen MR) is 59.0 cm³/mol. The van der Waals surface area contributed by atoms with Gasteiger partial charge in [-0.2, -0.15) is 0 Å². The molecule has 1 N–H and O–H groups in total. The molecule has 0 saturated carbocycles. The van der Waals surface area contributed by atoms with Crippen molar-refractivity contribution < 1.29 is 9.53 Å². The lowest BCUT2D eigenvalue weighted by molar-refractivity contribution is 0.0610. The lowest BCUT2D eigenvalue weighted by Gasteiger charge is -2.21. The summed E-state index contributed by atoms with van der Waals surface area (Å²) in [6.45, 7) is 1.93. The number of hydrogen-bond acceptors (Lipinski definition) is 4. The number of rotatable bonds is 2. The van der Waals surface area contributed by atoms with Gasteiger partial charge >= 0.3 is 0 Å². The van der Waals surface area contributed by atoms with Gasteiger partial charge in [0.15, 0.2) is 5.78 Å². The zero-order chi connectivity index (χ0) is 9.97. The molecule has 0 aliphatic carbocycles. The number of hydrogen-bond donors (Lipinski definition) is 1. The van der Waals surface area contributed by atoms with Crippen LogP contribution in [0.4, 0.5) is 0 Å². The quantitative estimate of drug-likeness (QED) is 0.835. The van der Waals surface area contributed by atoms with E-state index in [9.17, 15) is 4.79 Å².